The Morgan fingerprint density at radius 1 is 1.08 bits per heavy atom. The van der Waals surface area contributed by atoms with E-state index in [-0.39, 0.29) is 5.28 Å². The fourth-order valence-corrected chi connectivity index (χ4v) is 1.73. The number of hydrogen-bond donors (Lipinski definition) is 0. The van der Waals surface area contributed by atoms with Crippen LogP contribution >= 0.6 is 23.2 Å². The van der Waals surface area contributed by atoms with Crippen molar-refractivity contribution in [3.63, 3.8) is 0 Å². The summed E-state index contributed by atoms with van der Waals surface area (Å²) in [5.74, 6) is 0.652. The number of halogens is 2. The van der Waals surface area contributed by atoms with E-state index in [1.54, 1.807) is 0 Å². The Balaban J connectivity index is 2.32. The van der Waals surface area contributed by atoms with E-state index in [0.29, 0.717) is 11.0 Å². The molecule has 0 N–H and O–H groups in total. The molecular weight excluding hydrogens is 211 g/mol. The Kier molecular flexibility index (Phi) is 2.51. The third kappa shape index (κ3) is 1.84. The smallest absolute Gasteiger partial charge is 0.245 e. The second-order valence-corrected chi connectivity index (χ2v) is 3.59. The summed E-state index contributed by atoms with van der Waals surface area (Å²) in [5.41, 5.74) is 0. The fraction of sp³-hybridized carbons (Fsp3) is 0.571. The van der Waals surface area contributed by atoms with Gasteiger partial charge in [-0.2, -0.15) is 4.98 Å². The standard InChI is InChI=1S/C7H8Cl2N4/c8-5-6(10-7(9)12-11-5)13-3-1-2-4-13/h1-4H2. The molecule has 1 aromatic heterocycles. The van der Waals surface area contributed by atoms with Crippen LogP contribution in [0.15, 0.2) is 0 Å². The zero-order valence-electron chi connectivity index (χ0n) is 6.87. The number of nitrogens with zero attached hydrogens (tertiary/aromatic N) is 4. The van der Waals surface area contributed by atoms with Gasteiger partial charge < -0.3 is 4.90 Å². The number of anilines is 1. The van der Waals surface area contributed by atoms with E-state index in [2.05, 4.69) is 20.1 Å². The van der Waals surface area contributed by atoms with Crippen LogP contribution in [0.5, 0.6) is 0 Å². The third-order valence-electron chi connectivity index (χ3n) is 2.01. The van der Waals surface area contributed by atoms with Gasteiger partial charge in [-0.3, -0.25) is 0 Å². The molecule has 0 spiro atoms. The van der Waals surface area contributed by atoms with Gasteiger partial charge in [-0.05, 0) is 24.4 Å². The van der Waals surface area contributed by atoms with Crippen molar-refractivity contribution in [1.82, 2.24) is 15.2 Å². The Morgan fingerprint density at radius 3 is 2.46 bits per heavy atom. The molecule has 0 aromatic carbocycles. The van der Waals surface area contributed by atoms with Crippen LogP contribution in [0, 0.1) is 0 Å². The molecule has 0 saturated carbocycles. The Labute approximate surface area is 85.9 Å². The monoisotopic (exact) mass is 218 g/mol. The summed E-state index contributed by atoms with van der Waals surface area (Å²) in [5, 5.41) is 7.73. The van der Waals surface area contributed by atoms with E-state index in [1.807, 2.05) is 0 Å². The highest BCUT2D eigenvalue weighted by molar-refractivity contribution is 6.32. The first-order valence-electron chi connectivity index (χ1n) is 4.08. The molecule has 1 aliphatic heterocycles. The average molecular weight is 219 g/mol. The summed E-state index contributed by atoms with van der Waals surface area (Å²) in [7, 11) is 0. The Hall–Kier alpha value is -0.610. The van der Waals surface area contributed by atoms with Crippen LogP contribution in [0.3, 0.4) is 0 Å². The molecule has 2 heterocycles. The summed E-state index contributed by atoms with van der Waals surface area (Å²) in [6, 6.07) is 0. The molecular formula is C7H8Cl2N4. The minimum Gasteiger partial charge on any atom is -0.354 e. The number of rotatable bonds is 1. The Bertz CT molecular complexity index is 311. The maximum absolute atomic E-state index is 5.84. The predicted octanol–water partition coefficient (Wildman–Crippen LogP) is 1.78. The molecule has 0 radical (unpaired) electrons. The van der Waals surface area contributed by atoms with Crippen LogP contribution < -0.4 is 4.90 Å². The lowest BCUT2D eigenvalue weighted by molar-refractivity contribution is 0.886. The predicted molar refractivity (Wildman–Crippen MR) is 51.3 cm³/mol. The molecule has 1 fully saturated rings. The molecule has 2 rings (SSSR count). The van der Waals surface area contributed by atoms with E-state index < -0.39 is 0 Å². The lowest BCUT2D eigenvalue weighted by atomic mass is 10.4. The first-order valence-corrected chi connectivity index (χ1v) is 4.83. The van der Waals surface area contributed by atoms with Crippen molar-refractivity contribution in [2.45, 2.75) is 12.8 Å². The highest BCUT2D eigenvalue weighted by atomic mass is 35.5. The van der Waals surface area contributed by atoms with Crippen molar-refractivity contribution in [3.05, 3.63) is 10.4 Å². The lowest BCUT2D eigenvalue weighted by Crippen LogP contribution is -2.20. The van der Waals surface area contributed by atoms with Gasteiger partial charge in [0.15, 0.2) is 11.0 Å². The van der Waals surface area contributed by atoms with Gasteiger partial charge >= 0.3 is 0 Å². The summed E-state index contributed by atoms with van der Waals surface area (Å²) >= 11 is 11.5. The molecule has 6 heteroatoms. The first kappa shape index (κ1) is 8.97. The molecule has 70 valence electrons. The van der Waals surface area contributed by atoms with Crippen molar-refractivity contribution in [2.75, 3.05) is 18.0 Å². The van der Waals surface area contributed by atoms with E-state index in [9.17, 15) is 0 Å². The normalized spacial score (nSPS) is 16.6. The SMILES string of the molecule is Clc1nnc(Cl)c(N2CCCC2)n1. The zero-order chi connectivity index (χ0) is 9.26. The molecule has 4 nitrogen and oxygen atoms in total. The van der Waals surface area contributed by atoms with Gasteiger partial charge in [-0.15, -0.1) is 10.2 Å². The van der Waals surface area contributed by atoms with Crippen LogP contribution in [0.1, 0.15) is 12.8 Å². The minimum absolute atomic E-state index is 0.145. The van der Waals surface area contributed by atoms with E-state index in [0.717, 1.165) is 25.9 Å². The molecule has 0 bridgehead atoms. The van der Waals surface area contributed by atoms with Crippen molar-refractivity contribution in [2.24, 2.45) is 0 Å². The van der Waals surface area contributed by atoms with Crippen LogP contribution in [0.25, 0.3) is 0 Å². The molecule has 1 aliphatic rings. The average Bonchev–Trinajstić information content (AvgIpc) is 2.61. The van der Waals surface area contributed by atoms with Crippen LogP contribution in [-0.4, -0.2) is 28.3 Å². The number of aromatic nitrogens is 3. The van der Waals surface area contributed by atoms with Gasteiger partial charge in [0.25, 0.3) is 0 Å². The fourth-order valence-electron chi connectivity index (χ4n) is 1.42. The van der Waals surface area contributed by atoms with Crippen molar-refractivity contribution < 1.29 is 0 Å². The van der Waals surface area contributed by atoms with Gasteiger partial charge in [0.2, 0.25) is 5.28 Å². The van der Waals surface area contributed by atoms with E-state index in [1.165, 1.54) is 0 Å². The van der Waals surface area contributed by atoms with Gasteiger partial charge in [0.05, 0.1) is 0 Å². The van der Waals surface area contributed by atoms with Gasteiger partial charge in [-0.25, -0.2) is 0 Å². The molecule has 1 aromatic rings. The lowest BCUT2D eigenvalue weighted by Gasteiger charge is -2.15. The maximum Gasteiger partial charge on any atom is 0.245 e. The minimum atomic E-state index is 0.145. The molecule has 0 aliphatic carbocycles. The third-order valence-corrected chi connectivity index (χ3v) is 2.41. The largest absolute Gasteiger partial charge is 0.354 e. The summed E-state index contributed by atoms with van der Waals surface area (Å²) < 4.78 is 0. The summed E-state index contributed by atoms with van der Waals surface area (Å²) in [6.07, 6.45) is 2.33. The molecule has 0 atom stereocenters. The van der Waals surface area contributed by atoms with Crippen molar-refractivity contribution in [1.29, 1.82) is 0 Å². The Morgan fingerprint density at radius 2 is 1.77 bits per heavy atom. The second-order valence-electron chi connectivity index (χ2n) is 2.89. The molecule has 1 saturated heterocycles. The molecule has 13 heavy (non-hydrogen) atoms. The second kappa shape index (κ2) is 3.64. The number of hydrogen-bond acceptors (Lipinski definition) is 4. The molecule has 0 unspecified atom stereocenters. The maximum atomic E-state index is 5.84. The molecule has 0 amide bonds. The van der Waals surface area contributed by atoms with Gasteiger partial charge in [-0.1, -0.05) is 11.6 Å². The summed E-state index contributed by atoms with van der Waals surface area (Å²) in [6.45, 7) is 1.93. The topological polar surface area (TPSA) is 41.9 Å². The van der Waals surface area contributed by atoms with Crippen molar-refractivity contribution >= 4 is 29.0 Å². The van der Waals surface area contributed by atoms with Crippen LogP contribution in [0.4, 0.5) is 5.82 Å². The van der Waals surface area contributed by atoms with Crippen LogP contribution in [0.2, 0.25) is 10.4 Å². The van der Waals surface area contributed by atoms with Crippen molar-refractivity contribution in [3.8, 4) is 0 Å². The van der Waals surface area contributed by atoms with Crippen LogP contribution in [-0.2, 0) is 0 Å². The highest BCUT2D eigenvalue weighted by Crippen LogP contribution is 2.24. The quantitative estimate of drug-likeness (QED) is 0.721. The first-order chi connectivity index (χ1) is 6.27. The summed E-state index contributed by atoms with van der Waals surface area (Å²) in [4.78, 5) is 6.11. The van der Waals surface area contributed by atoms with E-state index >= 15 is 0 Å². The highest BCUT2D eigenvalue weighted by Gasteiger charge is 2.18. The zero-order valence-corrected chi connectivity index (χ0v) is 8.39. The van der Waals surface area contributed by atoms with Gasteiger partial charge in [0.1, 0.15) is 0 Å². The van der Waals surface area contributed by atoms with E-state index in [4.69, 9.17) is 23.2 Å². The van der Waals surface area contributed by atoms with Gasteiger partial charge in [0, 0.05) is 13.1 Å².